The molecule has 25 heavy (non-hydrogen) atoms. The van der Waals surface area contributed by atoms with Crippen LogP contribution in [-0.4, -0.2) is 11.1 Å². The van der Waals surface area contributed by atoms with Crippen LogP contribution in [0.5, 0.6) is 0 Å². The third kappa shape index (κ3) is 3.77. The maximum absolute atomic E-state index is 11.0. The van der Waals surface area contributed by atoms with Gasteiger partial charge in [0.2, 0.25) is 0 Å². The van der Waals surface area contributed by atoms with E-state index in [4.69, 9.17) is 9.52 Å². The Morgan fingerprint density at radius 3 is 2.40 bits per heavy atom. The van der Waals surface area contributed by atoms with Gasteiger partial charge < -0.3 is 5.11 Å². The van der Waals surface area contributed by atoms with Gasteiger partial charge in [-0.2, -0.15) is 0 Å². The zero-order chi connectivity index (χ0) is 18.0. The van der Waals surface area contributed by atoms with Crippen LogP contribution in [0.1, 0.15) is 41.1 Å². The number of aryl methyl sites for hydroxylation is 1. The first-order chi connectivity index (χ1) is 11.9. The molecule has 0 saturated heterocycles. The number of aromatic carboxylic acids is 1. The molecule has 0 aliphatic carbocycles. The number of fused-ring (bicyclic) bond motifs is 1. The van der Waals surface area contributed by atoms with E-state index in [1.165, 1.54) is 5.56 Å². The summed E-state index contributed by atoms with van der Waals surface area (Å²) in [5, 5.41) is 10.1. The van der Waals surface area contributed by atoms with Crippen molar-refractivity contribution >= 4 is 28.6 Å². The minimum atomic E-state index is -0.917. The van der Waals surface area contributed by atoms with Gasteiger partial charge in [-0.05, 0) is 60.4 Å². The molecule has 0 unspecified atom stereocenters. The molecule has 0 spiro atoms. The predicted molar refractivity (Wildman–Crippen MR) is 101 cm³/mol. The fourth-order valence-corrected chi connectivity index (χ4v) is 2.79. The van der Waals surface area contributed by atoms with E-state index in [1.807, 2.05) is 30.3 Å². The Morgan fingerprint density at radius 1 is 1.04 bits per heavy atom. The number of carboxylic acids is 1. The summed E-state index contributed by atoms with van der Waals surface area (Å²) >= 11 is 0. The molecule has 1 N–H and O–H groups in total. The summed E-state index contributed by atoms with van der Waals surface area (Å²) in [6, 6.07) is 17.1. The van der Waals surface area contributed by atoms with Crippen LogP contribution in [-0.2, 0) is 0 Å². The minimum absolute atomic E-state index is 0.269. The van der Waals surface area contributed by atoms with Crippen LogP contribution in [0.3, 0.4) is 0 Å². The number of allylic oxidation sites excluding steroid dienone is 1. The topological polar surface area (TPSA) is 48.6 Å². The molecule has 0 fully saturated rings. The fourth-order valence-electron chi connectivity index (χ4n) is 2.79. The Morgan fingerprint density at radius 2 is 1.76 bits per heavy atom. The van der Waals surface area contributed by atoms with Crippen LogP contribution >= 0.6 is 0 Å². The highest BCUT2D eigenvalue weighted by Gasteiger charge is 2.20. The number of rotatable bonds is 4. The molecule has 2 aromatic carbocycles. The quantitative estimate of drug-likeness (QED) is 0.603. The van der Waals surface area contributed by atoms with Crippen molar-refractivity contribution in [2.45, 2.75) is 20.8 Å². The smallest absolute Gasteiger partial charge is 0.360 e. The maximum atomic E-state index is 11.0. The van der Waals surface area contributed by atoms with Gasteiger partial charge in [-0.15, -0.1) is 0 Å². The second-order valence-corrected chi connectivity index (χ2v) is 6.52. The first-order valence-electron chi connectivity index (χ1n) is 8.33. The lowest BCUT2D eigenvalue weighted by Crippen LogP contribution is -1.96. The average molecular weight is 333 g/mol. The number of hydrogen-bond donors (Lipinski definition) is 1. The standard InChI is InChI=1S/C22H20O3/c1-14(2)19(13-16-5-7-17(8-6-16)22(23)24)21-11-9-18-12-15(3)4-10-20(18)25-21/h4-14H,1-3H3/p+1. The van der Waals surface area contributed by atoms with Crippen molar-refractivity contribution in [3.05, 3.63) is 77.0 Å². The summed E-state index contributed by atoms with van der Waals surface area (Å²) < 4.78 is 6.11. The Balaban J connectivity index is 2.03. The van der Waals surface area contributed by atoms with Crippen molar-refractivity contribution in [1.29, 1.82) is 0 Å². The summed E-state index contributed by atoms with van der Waals surface area (Å²) in [4.78, 5) is 11.0. The van der Waals surface area contributed by atoms with E-state index in [0.29, 0.717) is 0 Å². The molecule has 0 saturated carbocycles. The molecule has 3 nitrogen and oxygen atoms in total. The van der Waals surface area contributed by atoms with Crippen LogP contribution in [0, 0.1) is 12.8 Å². The minimum Gasteiger partial charge on any atom is -0.478 e. The Labute approximate surface area is 147 Å². The second-order valence-electron chi connectivity index (χ2n) is 6.52. The Hall–Kier alpha value is -2.94. The van der Waals surface area contributed by atoms with Crippen molar-refractivity contribution in [1.82, 2.24) is 0 Å². The summed E-state index contributed by atoms with van der Waals surface area (Å²) in [5.74, 6) is 0.180. The SMILES string of the molecule is Cc1ccc2[o+]c(C(=Cc3ccc(C(=O)O)cc3)C(C)C)ccc2c1. The third-order valence-corrected chi connectivity index (χ3v) is 4.19. The molecule has 0 radical (unpaired) electrons. The summed E-state index contributed by atoms with van der Waals surface area (Å²) in [6.45, 7) is 6.30. The van der Waals surface area contributed by atoms with Crippen molar-refractivity contribution in [2.75, 3.05) is 0 Å². The molecule has 3 rings (SSSR count). The fraction of sp³-hybridized carbons (Fsp3) is 0.182. The summed E-state index contributed by atoms with van der Waals surface area (Å²) in [6.07, 6.45) is 2.05. The van der Waals surface area contributed by atoms with Gasteiger partial charge in [-0.3, -0.25) is 0 Å². The van der Waals surface area contributed by atoms with Crippen molar-refractivity contribution in [3.8, 4) is 0 Å². The molecule has 1 aromatic heterocycles. The van der Waals surface area contributed by atoms with Gasteiger partial charge in [0.1, 0.15) is 0 Å². The highest BCUT2D eigenvalue weighted by Crippen LogP contribution is 2.29. The van der Waals surface area contributed by atoms with Gasteiger partial charge in [-0.25, -0.2) is 9.21 Å². The number of carboxylic acid groups (broad SMARTS) is 1. The average Bonchev–Trinajstić information content (AvgIpc) is 2.59. The lowest BCUT2D eigenvalue weighted by molar-refractivity contribution is 0.0697. The first kappa shape index (κ1) is 16.9. The van der Waals surface area contributed by atoms with E-state index in [-0.39, 0.29) is 11.5 Å². The van der Waals surface area contributed by atoms with Crippen LogP contribution in [0.4, 0.5) is 0 Å². The van der Waals surface area contributed by atoms with E-state index < -0.39 is 5.97 Å². The van der Waals surface area contributed by atoms with Crippen LogP contribution < -0.4 is 0 Å². The van der Waals surface area contributed by atoms with Crippen molar-refractivity contribution in [2.24, 2.45) is 5.92 Å². The molecule has 3 heteroatoms. The molecule has 0 bridgehead atoms. The lowest BCUT2D eigenvalue weighted by Gasteiger charge is -2.05. The van der Waals surface area contributed by atoms with Crippen LogP contribution in [0.2, 0.25) is 0 Å². The van der Waals surface area contributed by atoms with Crippen LogP contribution in [0.25, 0.3) is 22.6 Å². The van der Waals surface area contributed by atoms with Crippen LogP contribution in [0.15, 0.2) is 59.0 Å². The molecular formula is C22H21O3+. The third-order valence-electron chi connectivity index (χ3n) is 4.19. The van der Waals surface area contributed by atoms with Gasteiger partial charge >= 0.3 is 17.3 Å². The molecule has 0 aliphatic heterocycles. The zero-order valence-corrected chi connectivity index (χ0v) is 14.6. The number of hydrogen-bond acceptors (Lipinski definition) is 1. The predicted octanol–water partition coefficient (Wildman–Crippen LogP) is 5.92. The largest absolute Gasteiger partial charge is 0.478 e. The summed E-state index contributed by atoms with van der Waals surface area (Å²) in [7, 11) is 0. The maximum Gasteiger partial charge on any atom is 0.360 e. The molecule has 0 amide bonds. The highest BCUT2D eigenvalue weighted by atomic mass is 16.4. The molecule has 126 valence electrons. The lowest BCUT2D eigenvalue weighted by atomic mass is 9.97. The molecule has 1 heterocycles. The van der Waals surface area contributed by atoms with Crippen molar-refractivity contribution in [3.63, 3.8) is 0 Å². The van der Waals surface area contributed by atoms with E-state index in [2.05, 4.69) is 39.0 Å². The van der Waals surface area contributed by atoms with Gasteiger partial charge in [0.25, 0.3) is 0 Å². The van der Waals surface area contributed by atoms with E-state index >= 15 is 0 Å². The number of carbonyl (C=O) groups is 1. The molecular weight excluding hydrogens is 312 g/mol. The van der Waals surface area contributed by atoms with Gasteiger partial charge in [-0.1, -0.05) is 26.0 Å². The molecule has 0 atom stereocenters. The van der Waals surface area contributed by atoms with E-state index in [9.17, 15) is 4.79 Å². The number of benzene rings is 2. The summed E-state index contributed by atoms with van der Waals surface area (Å²) in [5.41, 5.74) is 4.37. The molecule has 0 aliphatic rings. The Bertz CT molecular complexity index is 951. The highest BCUT2D eigenvalue weighted by molar-refractivity contribution is 5.89. The molecule has 3 aromatic rings. The monoisotopic (exact) mass is 333 g/mol. The van der Waals surface area contributed by atoms with Gasteiger partial charge in [0.15, 0.2) is 0 Å². The van der Waals surface area contributed by atoms with Gasteiger partial charge in [0.05, 0.1) is 16.5 Å². The van der Waals surface area contributed by atoms with E-state index in [0.717, 1.165) is 27.9 Å². The Kier molecular flexibility index (Phi) is 4.66. The first-order valence-corrected chi connectivity index (χ1v) is 8.33. The normalized spacial score (nSPS) is 11.9. The second kappa shape index (κ2) is 6.89. The van der Waals surface area contributed by atoms with E-state index in [1.54, 1.807) is 12.1 Å². The van der Waals surface area contributed by atoms with Crippen molar-refractivity contribution < 1.29 is 14.3 Å². The van der Waals surface area contributed by atoms with Gasteiger partial charge in [0, 0.05) is 12.1 Å². The zero-order valence-electron chi connectivity index (χ0n) is 14.6.